The minimum atomic E-state index is -4.57. The van der Waals surface area contributed by atoms with Gasteiger partial charge in [0.25, 0.3) is 0 Å². The lowest BCUT2D eigenvalue weighted by Crippen LogP contribution is -2.09. The van der Waals surface area contributed by atoms with Crippen molar-refractivity contribution in [2.75, 3.05) is 6.61 Å². The Balaban J connectivity index is 1.59. The van der Waals surface area contributed by atoms with Crippen molar-refractivity contribution in [2.24, 2.45) is 7.05 Å². The molecule has 0 saturated heterocycles. The van der Waals surface area contributed by atoms with Crippen LogP contribution in [0.3, 0.4) is 0 Å². The Hall–Kier alpha value is -3.56. The second-order valence-corrected chi connectivity index (χ2v) is 7.18. The van der Waals surface area contributed by atoms with E-state index >= 15 is 0 Å². The van der Waals surface area contributed by atoms with Crippen molar-refractivity contribution in [1.29, 1.82) is 0 Å². The van der Waals surface area contributed by atoms with Gasteiger partial charge in [-0.3, -0.25) is 4.68 Å². The number of hydrogen-bond donors (Lipinski definition) is 0. The first-order chi connectivity index (χ1) is 15.2. The van der Waals surface area contributed by atoms with Gasteiger partial charge in [0.2, 0.25) is 11.8 Å². The first kappa shape index (κ1) is 21.7. The van der Waals surface area contributed by atoms with Gasteiger partial charge in [-0.2, -0.15) is 23.3 Å². The van der Waals surface area contributed by atoms with Gasteiger partial charge in [-0.15, -0.1) is 0 Å². The highest BCUT2D eigenvalue weighted by atomic mass is 19.4. The smallest absolute Gasteiger partial charge is 0.417 e. The van der Waals surface area contributed by atoms with Gasteiger partial charge in [0.1, 0.15) is 23.8 Å². The minimum Gasteiger partial charge on any atom is -0.494 e. The first-order valence-corrected chi connectivity index (χ1v) is 9.91. The van der Waals surface area contributed by atoms with Crippen LogP contribution in [-0.2, 0) is 19.8 Å². The van der Waals surface area contributed by atoms with E-state index in [1.54, 1.807) is 6.92 Å². The van der Waals surface area contributed by atoms with Gasteiger partial charge in [0.15, 0.2) is 5.65 Å². The molecule has 0 amide bonds. The summed E-state index contributed by atoms with van der Waals surface area (Å²) in [4.78, 5) is 8.64. The Morgan fingerprint density at radius 1 is 1.06 bits per heavy atom. The number of alkyl halides is 3. The Morgan fingerprint density at radius 3 is 2.44 bits per heavy atom. The van der Waals surface area contributed by atoms with E-state index in [9.17, 15) is 13.2 Å². The summed E-state index contributed by atoms with van der Waals surface area (Å²) >= 11 is 0. The number of fused-ring (bicyclic) bond motifs is 1. The maximum atomic E-state index is 13.6. The number of oxazole rings is 1. The molecule has 3 heterocycles. The van der Waals surface area contributed by atoms with Crippen LogP contribution in [0.15, 0.2) is 34.7 Å². The summed E-state index contributed by atoms with van der Waals surface area (Å²) in [6.07, 6.45) is -4.57. The van der Waals surface area contributed by atoms with Crippen molar-refractivity contribution in [3.63, 3.8) is 0 Å². The van der Waals surface area contributed by atoms with Gasteiger partial charge in [-0.25, -0.2) is 4.98 Å². The molecule has 0 aliphatic carbocycles. The summed E-state index contributed by atoms with van der Waals surface area (Å²) in [5.74, 6) is 1.45. The SMILES string of the molecule is CCOc1ccc(-c2nc(COc3cc(C(F)(F)F)c4c(C)nn(C)c4n3)c(C)o2)cc1. The topological polar surface area (TPSA) is 75.2 Å². The Labute approximate surface area is 181 Å². The Kier molecular flexibility index (Phi) is 5.53. The van der Waals surface area contributed by atoms with E-state index in [0.29, 0.717) is 24.0 Å². The highest BCUT2D eigenvalue weighted by Gasteiger charge is 2.35. The summed E-state index contributed by atoms with van der Waals surface area (Å²) in [6.45, 7) is 5.59. The molecule has 32 heavy (non-hydrogen) atoms. The molecule has 0 radical (unpaired) electrons. The van der Waals surface area contributed by atoms with Crippen LogP contribution in [0.2, 0.25) is 0 Å². The van der Waals surface area contributed by atoms with Gasteiger partial charge in [0, 0.05) is 18.7 Å². The third-order valence-corrected chi connectivity index (χ3v) is 4.91. The standard InChI is InChI=1S/C22H21F3N4O3/c1-5-30-15-8-6-14(7-9-15)21-26-17(13(3)32-21)11-31-18-10-16(22(23,24)25)19-12(2)28-29(4)20(19)27-18/h6-10H,5,11H2,1-4H3. The lowest BCUT2D eigenvalue weighted by atomic mass is 10.1. The maximum Gasteiger partial charge on any atom is 0.417 e. The number of nitrogens with zero attached hydrogens (tertiary/aromatic N) is 4. The predicted octanol–water partition coefficient (Wildman–Crippen LogP) is 5.24. The van der Waals surface area contributed by atoms with Crippen molar-refractivity contribution >= 4 is 11.0 Å². The van der Waals surface area contributed by atoms with Crippen LogP contribution < -0.4 is 9.47 Å². The molecule has 0 saturated carbocycles. The van der Waals surface area contributed by atoms with Gasteiger partial charge in [-0.1, -0.05) is 0 Å². The molecule has 0 fully saturated rings. The molecule has 0 spiro atoms. The Bertz CT molecular complexity index is 1260. The van der Waals surface area contributed by atoms with Crippen LogP contribution in [0.1, 0.15) is 29.6 Å². The predicted molar refractivity (Wildman–Crippen MR) is 110 cm³/mol. The summed E-state index contributed by atoms with van der Waals surface area (Å²) < 4.78 is 58.9. The second-order valence-electron chi connectivity index (χ2n) is 7.18. The highest BCUT2D eigenvalue weighted by molar-refractivity contribution is 5.83. The number of benzene rings is 1. The van der Waals surface area contributed by atoms with Crippen molar-refractivity contribution < 1.29 is 27.1 Å². The molecule has 168 valence electrons. The number of halogens is 3. The molecule has 4 rings (SSSR count). The van der Waals surface area contributed by atoms with Crippen LogP contribution in [-0.4, -0.2) is 26.4 Å². The highest BCUT2D eigenvalue weighted by Crippen LogP contribution is 2.37. The fourth-order valence-corrected chi connectivity index (χ4v) is 3.41. The molecule has 3 aromatic heterocycles. The van der Waals surface area contributed by atoms with Gasteiger partial charge in [-0.05, 0) is 45.0 Å². The third-order valence-electron chi connectivity index (χ3n) is 4.91. The van der Waals surface area contributed by atoms with Crippen LogP contribution in [0, 0.1) is 13.8 Å². The number of pyridine rings is 1. The van der Waals surface area contributed by atoms with E-state index in [2.05, 4.69) is 15.1 Å². The van der Waals surface area contributed by atoms with Crippen molar-refractivity contribution in [3.05, 3.63) is 53.0 Å². The third kappa shape index (κ3) is 4.12. The van der Waals surface area contributed by atoms with Gasteiger partial charge >= 0.3 is 6.18 Å². The van der Waals surface area contributed by atoms with E-state index in [0.717, 1.165) is 17.4 Å². The Morgan fingerprint density at radius 2 is 1.78 bits per heavy atom. The summed E-state index contributed by atoms with van der Waals surface area (Å²) in [7, 11) is 1.54. The monoisotopic (exact) mass is 446 g/mol. The van der Waals surface area contributed by atoms with E-state index < -0.39 is 11.7 Å². The molecule has 0 unspecified atom stereocenters. The zero-order valence-corrected chi connectivity index (χ0v) is 17.9. The molecule has 10 heteroatoms. The quantitative estimate of drug-likeness (QED) is 0.403. The van der Waals surface area contributed by atoms with Crippen molar-refractivity contribution in [2.45, 2.75) is 33.6 Å². The molecule has 0 bridgehead atoms. The van der Waals surface area contributed by atoms with Crippen LogP contribution in [0.25, 0.3) is 22.5 Å². The van der Waals surface area contributed by atoms with Crippen LogP contribution >= 0.6 is 0 Å². The molecule has 0 N–H and O–H groups in total. The van der Waals surface area contributed by atoms with Gasteiger partial charge < -0.3 is 13.9 Å². The average Bonchev–Trinajstić information content (AvgIpc) is 3.25. The number of ether oxygens (including phenoxy) is 2. The van der Waals surface area contributed by atoms with Crippen LogP contribution in [0.5, 0.6) is 11.6 Å². The molecule has 0 aliphatic rings. The fraction of sp³-hybridized carbons (Fsp3) is 0.318. The zero-order valence-electron chi connectivity index (χ0n) is 17.9. The summed E-state index contributed by atoms with van der Waals surface area (Å²) in [6, 6.07) is 8.14. The molecule has 4 aromatic rings. The average molecular weight is 446 g/mol. The van der Waals surface area contributed by atoms with E-state index in [-0.39, 0.29) is 29.2 Å². The zero-order chi connectivity index (χ0) is 23.0. The largest absolute Gasteiger partial charge is 0.494 e. The lowest BCUT2D eigenvalue weighted by Gasteiger charge is -2.11. The molecule has 1 aromatic carbocycles. The normalized spacial score (nSPS) is 11.8. The number of aromatic nitrogens is 4. The van der Waals surface area contributed by atoms with E-state index in [1.807, 2.05) is 31.2 Å². The summed E-state index contributed by atoms with van der Waals surface area (Å²) in [5.41, 5.74) is 0.716. The second kappa shape index (κ2) is 8.18. The first-order valence-electron chi connectivity index (χ1n) is 9.91. The van der Waals surface area contributed by atoms with E-state index in [1.165, 1.54) is 18.7 Å². The maximum absolute atomic E-state index is 13.6. The van der Waals surface area contributed by atoms with E-state index in [4.69, 9.17) is 13.9 Å². The summed E-state index contributed by atoms with van der Waals surface area (Å²) in [5, 5.41) is 4.02. The van der Waals surface area contributed by atoms with Crippen molar-refractivity contribution in [3.8, 4) is 23.1 Å². The molecule has 0 aliphatic heterocycles. The number of aryl methyl sites for hydroxylation is 3. The number of rotatable bonds is 6. The van der Waals surface area contributed by atoms with Gasteiger partial charge in [0.05, 0.1) is 23.3 Å². The fourth-order valence-electron chi connectivity index (χ4n) is 3.41. The molecule has 0 atom stereocenters. The molecular weight excluding hydrogens is 425 g/mol. The molecule has 7 nitrogen and oxygen atoms in total. The molecular formula is C22H21F3N4O3. The van der Waals surface area contributed by atoms with Crippen molar-refractivity contribution in [1.82, 2.24) is 19.7 Å². The van der Waals surface area contributed by atoms with Crippen LogP contribution in [0.4, 0.5) is 13.2 Å². The minimum absolute atomic E-state index is 0.0391. The lowest BCUT2D eigenvalue weighted by molar-refractivity contribution is -0.136. The number of hydrogen-bond acceptors (Lipinski definition) is 6.